The first-order valence-electron chi connectivity index (χ1n) is 14.1. The second kappa shape index (κ2) is 11.7. The number of nitrogens with two attached hydrogens (primary N) is 2. The summed E-state index contributed by atoms with van der Waals surface area (Å²) in [5.41, 5.74) is 14.5. The standard InChI is InChI=1S/C29H35N9O3S/c30-28(31)33-23-11-14-37(18-23)16-19-1-5-24(6-2-19)38-17-21-15-26(34-27(21)35-29(38)39)20-3-7-25(8-4-20)42(40,41)36-22-9-12-32-13-10-22/h1-8,15,17,22-23,32,36H,9-14,16,18H2,(H4,30,31,33)(H,34,35,39)/t23-/m1/s1. The van der Waals surface area contributed by atoms with Gasteiger partial charge in [0.2, 0.25) is 10.0 Å². The highest BCUT2D eigenvalue weighted by Crippen LogP contribution is 2.25. The Balaban J connectivity index is 1.16. The zero-order valence-electron chi connectivity index (χ0n) is 23.2. The Morgan fingerprint density at radius 1 is 1.05 bits per heavy atom. The molecule has 0 aliphatic carbocycles. The van der Waals surface area contributed by atoms with Gasteiger partial charge in [-0.1, -0.05) is 24.3 Å². The molecule has 0 spiro atoms. The molecule has 220 valence electrons. The molecule has 4 aromatic rings. The normalized spacial score (nSPS) is 18.4. The van der Waals surface area contributed by atoms with Gasteiger partial charge < -0.3 is 21.8 Å². The van der Waals surface area contributed by atoms with Crippen molar-refractivity contribution < 1.29 is 8.42 Å². The molecule has 42 heavy (non-hydrogen) atoms. The Morgan fingerprint density at radius 2 is 1.79 bits per heavy atom. The predicted octanol–water partition coefficient (Wildman–Crippen LogP) is 1.26. The van der Waals surface area contributed by atoms with Crippen LogP contribution in [0.1, 0.15) is 24.8 Å². The minimum Gasteiger partial charge on any atom is -0.370 e. The van der Waals surface area contributed by atoms with E-state index < -0.39 is 15.7 Å². The summed E-state index contributed by atoms with van der Waals surface area (Å²) in [4.78, 5) is 27.1. The summed E-state index contributed by atoms with van der Waals surface area (Å²) in [6.45, 7) is 4.12. The average Bonchev–Trinajstić information content (AvgIpc) is 3.59. The van der Waals surface area contributed by atoms with E-state index in [4.69, 9.17) is 11.5 Å². The number of rotatable bonds is 8. The van der Waals surface area contributed by atoms with Crippen molar-refractivity contribution in [3.63, 3.8) is 0 Å². The Morgan fingerprint density at radius 3 is 2.50 bits per heavy atom. The van der Waals surface area contributed by atoms with Crippen LogP contribution >= 0.6 is 0 Å². The van der Waals surface area contributed by atoms with Gasteiger partial charge in [-0.15, -0.1) is 0 Å². The number of hydrogen-bond acceptors (Lipinski definition) is 7. The van der Waals surface area contributed by atoms with E-state index in [2.05, 4.69) is 29.9 Å². The summed E-state index contributed by atoms with van der Waals surface area (Å²) in [7, 11) is -3.60. The van der Waals surface area contributed by atoms with Gasteiger partial charge >= 0.3 is 5.69 Å². The van der Waals surface area contributed by atoms with Crippen molar-refractivity contribution in [2.24, 2.45) is 16.5 Å². The summed E-state index contributed by atoms with van der Waals surface area (Å²) >= 11 is 0. The van der Waals surface area contributed by atoms with E-state index >= 15 is 0 Å². The maximum atomic E-state index is 12.9. The second-order valence-electron chi connectivity index (χ2n) is 10.9. The van der Waals surface area contributed by atoms with Gasteiger partial charge in [0.1, 0.15) is 5.65 Å². The van der Waals surface area contributed by atoms with Gasteiger partial charge in [0, 0.05) is 43.0 Å². The van der Waals surface area contributed by atoms with Crippen LogP contribution in [-0.4, -0.2) is 72.1 Å². The van der Waals surface area contributed by atoms with Gasteiger partial charge in [-0.25, -0.2) is 22.9 Å². The van der Waals surface area contributed by atoms with Crippen LogP contribution in [0.3, 0.4) is 0 Å². The smallest absolute Gasteiger partial charge is 0.354 e. The minimum absolute atomic E-state index is 0.0605. The molecule has 2 aliphatic heterocycles. The molecule has 2 fully saturated rings. The van der Waals surface area contributed by atoms with Crippen LogP contribution < -0.4 is 27.2 Å². The topological polar surface area (TPSA) is 177 Å². The number of guanidine groups is 1. The maximum absolute atomic E-state index is 12.9. The van der Waals surface area contributed by atoms with Crippen molar-refractivity contribution in [2.75, 3.05) is 26.2 Å². The van der Waals surface area contributed by atoms with Crippen molar-refractivity contribution in [3.8, 4) is 16.9 Å². The Hall–Kier alpha value is -4.04. The highest BCUT2D eigenvalue weighted by atomic mass is 32.2. The number of likely N-dealkylation sites (tertiary alicyclic amines) is 1. The minimum atomic E-state index is -3.60. The van der Waals surface area contributed by atoms with Gasteiger partial charge in [0.15, 0.2) is 5.96 Å². The summed E-state index contributed by atoms with van der Waals surface area (Å²) in [6.07, 6.45) is 4.23. The fourth-order valence-electron chi connectivity index (χ4n) is 5.67. The maximum Gasteiger partial charge on any atom is 0.354 e. The molecular weight excluding hydrogens is 554 g/mol. The lowest BCUT2D eigenvalue weighted by atomic mass is 10.1. The molecule has 0 amide bonds. The molecule has 2 aromatic heterocycles. The molecule has 0 bridgehead atoms. The van der Waals surface area contributed by atoms with Crippen LogP contribution in [0, 0.1) is 0 Å². The first kappa shape index (κ1) is 28.1. The van der Waals surface area contributed by atoms with Crippen LogP contribution in [0.2, 0.25) is 0 Å². The quantitative estimate of drug-likeness (QED) is 0.151. The third-order valence-corrected chi connectivity index (χ3v) is 9.38. The number of fused-ring (bicyclic) bond motifs is 1. The highest BCUT2D eigenvalue weighted by Gasteiger charge is 2.23. The summed E-state index contributed by atoms with van der Waals surface area (Å²) in [5.74, 6) is 0.126. The third-order valence-electron chi connectivity index (χ3n) is 7.84. The molecule has 1 atom stereocenters. The summed E-state index contributed by atoms with van der Waals surface area (Å²) < 4.78 is 30.0. The highest BCUT2D eigenvalue weighted by molar-refractivity contribution is 7.89. The van der Waals surface area contributed by atoms with Crippen molar-refractivity contribution in [3.05, 3.63) is 76.8 Å². The second-order valence-corrected chi connectivity index (χ2v) is 12.7. The molecule has 4 heterocycles. The number of sulfonamides is 1. The lowest BCUT2D eigenvalue weighted by molar-refractivity contribution is 0.327. The molecule has 2 saturated heterocycles. The lowest BCUT2D eigenvalue weighted by Gasteiger charge is -2.23. The monoisotopic (exact) mass is 589 g/mol. The van der Waals surface area contributed by atoms with Gasteiger partial charge in [-0.3, -0.25) is 9.47 Å². The number of aromatic amines is 1. The largest absolute Gasteiger partial charge is 0.370 e. The molecule has 2 aliphatic rings. The van der Waals surface area contributed by atoms with Gasteiger partial charge in [-0.2, -0.15) is 4.98 Å². The molecule has 0 radical (unpaired) electrons. The molecule has 12 nitrogen and oxygen atoms in total. The molecular formula is C29H35N9O3S. The van der Waals surface area contributed by atoms with E-state index in [-0.39, 0.29) is 22.9 Å². The number of aromatic nitrogens is 3. The van der Waals surface area contributed by atoms with Gasteiger partial charge in [0.05, 0.1) is 16.6 Å². The average molecular weight is 590 g/mol. The first-order valence-corrected chi connectivity index (χ1v) is 15.6. The SMILES string of the molecule is NC(N)=N[C@@H]1CCN(Cc2ccc(-n3cc4cc(-c5ccc(S(=O)(=O)NC6CCNCC6)cc5)[nH]c4nc3=O)cc2)C1. The van der Waals surface area contributed by atoms with Crippen molar-refractivity contribution in [2.45, 2.75) is 42.8 Å². The zero-order valence-corrected chi connectivity index (χ0v) is 24.0. The van der Waals surface area contributed by atoms with E-state index in [1.54, 1.807) is 30.5 Å². The van der Waals surface area contributed by atoms with E-state index in [0.717, 1.165) is 79.9 Å². The fraction of sp³-hybridized carbons (Fsp3) is 0.345. The molecule has 7 N–H and O–H groups in total. The van der Waals surface area contributed by atoms with Crippen LogP contribution in [0.4, 0.5) is 0 Å². The van der Waals surface area contributed by atoms with Crippen molar-refractivity contribution in [1.29, 1.82) is 0 Å². The molecule has 6 rings (SSSR count). The Kier molecular flexibility index (Phi) is 7.82. The molecule has 0 unspecified atom stereocenters. The summed E-state index contributed by atoms with van der Waals surface area (Å²) in [5, 5.41) is 4.00. The predicted molar refractivity (Wildman–Crippen MR) is 163 cm³/mol. The van der Waals surface area contributed by atoms with E-state index in [9.17, 15) is 13.2 Å². The number of benzene rings is 2. The number of aliphatic imine (C=N–C) groups is 1. The van der Waals surface area contributed by atoms with Crippen molar-refractivity contribution >= 4 is 27.0 Å². The number of nitrogens with zero attached hydrogens (tertiary/aromatic N) is 4. The number of piperidine rings is 1. The first-order chi connectivity index (χ1) is 20.2. The fourth-order valence-corrected chi connectivity index (χ4v) is 6.97. The van der Waals surface area contributed by atoms with Crippen LogP contribution in [0.25, 0.3) is 28.0 Å². The van der Waals surface area contributed by atoms with E-state index in [1.165, 1.54) is 4.57 Å². The number of hydrogen-bond donors (Lipinski definition) is 5. The molecule has 0 saturated carbocycles. The number of nitrogens with one attached hydrogen (secondary N) is 3. The molecule has 2 aromatic carbocycles. The third kappa shape index (κ3) is 6.23. The lowest BCUT2D eigenvalue weighted by Crippen LogP contribution is -2.42. The van der Waals surface area contributed by atoms with Crippen LogP contribution in [-0.2, 0) is 16.6 Å². The Bertz CT molecular complexity index is 1750. The van der Waals surface area contributed by atoms with Crippen molar-refractivity contribution in [1.82, 2.24) is 29.5 Å². The van der Waals surface area contributed by atoms with Crippen LogP contribution in [0.15, 0.2) is 75.5 Å². The Labute approximate surface area is 243 Å². The van der Waals surface area contributed by atoms with Gasteiger partial charge in [-0.05, 0) is 73.8 Å². The van der Waals surface area contributed by atoms with Gasteiger partial charge in [0.25, 0.3) is 0 Å². The zero-order chi connectivity index (χ0) is 29.3. The van der Waals surface area contributed by atoms with Crippen LogP contribution in [0.5, 0.6) is 0 Å². The van der Waals surface area contributed by atoms with E-state index in [0.29, 0.717) is 5.65 Å². The molecule has 13 heteroatoms. The van der Waals surface area contributed by atoms with E-state index in [1.807, 2.05) is 30.3 Å². The summed E-state index contributed by atoms with van der Waals surface area (Å²) in [6, 6.07) is 16.5. The number of H-pyrrole nitrogens is 1.